The monoisotopic (exact) mass is 198 g/mol. The van der Waals surface area contributed by atoms with Gasteiger partial charge in [-0.15, -0.1) is 0 Å². The summed E-state index contributed by atoms with van der Waals surface area (Å²) in [5.41, 5.74) is 6.81. The maximum atomic E-state index is 3.45. The number of unbranched alkanes of at least 4 members (excludes halogenated alkanes) is 3. The maximum Gasteiger partial charge on any atom is 0.0212 e. The molecule has 0 radical (unpaired) electrons. The normalized spacial score (nSPS) is 18.6. The fourth-order valence-electron chi connectivity index (χ4n) is 2.10. The van der Waals surface area contributed by atoms with E-state index in [0.717, 1.165) is 12.6 Å². The summed E-state index contributed by atoms with van der Waals surface area (Å²) in [6.07, 6.45) is 12.4. The fraction of sp³-hybridized carbons (Fsp3) is 1.00. The second-order valence-corrected chi connectivity index (χ2v) is 4.47. The first-order valence-corrected chi connectivity index (χ1v) is 6.42. The molecule has 0 amide bonds. The van der Waals surface area contributed by atoms with E-state index in [2.05, 4.69) is 17.8 Å². The Hall–Kier alpha value is -0.0800. The van der Waals surface area contributed by atoms with Crippen LogP contribution in [-0.2, 0) is 0 Å². The standard InChI is InChI=1S/C12H26N2/c1-2-3-4-8-11-13-14-12-9-6-5-7-10-12/h12-14H,2-11H2,1H3. The molecular weight excluding hydrogens is 172 g/mol. The summed E-state index contributed by atoms with van der Waals surface area (Å²) in [7, 11) is 0. The maximum absolute atomic E-state index is 3.45. The van der Waals surface area contributed by atoms with Crippen LogP contribution in [0.2, 0.25) is 0 Å². The van der Waals surface area contributed by atoms with Gasteiger partial charge in [0, 0.05) is 12.6 Å². The van der Waals surface area contributed by atoms with Crippen LogP contribution in [0.5, 0.6) is 0 Å². The molecule has 1 rings (SSSR count). The molecule has 14 heavy (non-hydrogen) atoms. The number of rotatable bonds is 7. The van der Waals surface area contributed by atoms with Gasteiger partial charge in [-0.3, -0.25) is 10.9 Å². The summed E-state index contributed by atoms with van der Waals surface area (Å²) in [5, 5.41) is 0. The van der Waals surface area contributed by atoms with Gasteiger partial charge in [-0.2, -0.15) is 0 Å². The van der Waals surface area contributed by atoms with E-state index >= 15 is 0 Å². The van der Waals surface area contributed by atoms with Crippen molar-refractivity contribution < 1.29 is 0 Å². The minimum atomic E-state index is 0.745. The zero-order valence-corrected chi connectivity index (χ0v) is 9.65. The van der Waals surface area contributed by atoms with E-state index in [0.29, 0.717) is 0 Å². The Bertz CT molecular complexity index is 119. The number of hydrogen-bond donors (Lipinski definition) is 2. The van der Waals surface area contributed by atoms with Crippen molar-refractivity contribution in [1.82, 2.24) is 10.9 Å². The molecule has 2 nitrogen and oxygen atoms in total. The van der Waals surface area contributed by atoms with E-state index in [-0.39, 0.29) is 0 Å². The number of hydrazine groups is 1. The average molecular weight is 198 g/mol. The molecule has 1 aliphatic rings. The Labute approximate surface area is 88.8 Å². The highest BCUT2D eigenvalue weighted by molar-refractivity contribution is 4.69. The first-order chi connectivity index (χ1) is 6.93. The van der Waals surface area contributed by atoms with Crippen molar-refractivity contribution in [1.29, 1.82) is 0 Å². The van der Waals surface area contributed by atoms with Gasteiger partial charge in [0.1, 0.15) is 0 Å². The van der Waals surface area contributed by atoms with Gasteiger partial charge in [-0.25, -0.2) is 0 Å². The average Bonchev–Trinajstić information content (AvgIpc) is 2.25. The summed E-state index contributed by atoms with van der Waals surface area (Å²) in [5.74, 6) is 0. The van der Waals surface area contributed by atoms with Crippen molar-refractivity contribution >= 4 is 0 Å². The molecule has 0 aliphatic heterocycles. The van der Waals surface area contributed by atoms with Crippen LogP contribution in [0, 0.1) is 0 Å². The van der Waals surface area contributed by atoms with Gasteiger partial charge >= 0.3 is 0 Å². The van der Waals surface area contributed by atoms with Crippen molar-refractivity contribution in [2.24, 2.45) is 0 Å². The lowest BCUT2D eigenvalue weighted by atomic mass is 9.96. The summed E-state index contributed by atoms with van der Waals surface area (Å²) < 4.78 is 0. The van der Waals surface area contributed by atoms with Crippen LogP contribution in [0.25, 0.3) is 0 Å². The zero-order valence-electron chi connectivity index (χ0n) is 9.65. The summed E-state index contributed by atoms with van der Waals surface area (Å²) >= 11 is 0. The number of hydrogen-bond acceptors (Lipinski definition) is 2. The van der Waals surface area contributed by atoms with Crippen LogP contribution in [0.4, 0.5) is 0 Å². The van der Waals surface area contributed by atoms with Crippen molar-refractivity contribution in [3.8, 4) is 0 Å². The number of nitrogens with one attached hydrogen (secondary N) is 2. The Morgan fingerprint density at radius 3 is 2.50 bits per heavy atom. The molecule has 0 spiro atoms. The van der Waals surface area contributed by atoms with Gasteiger partial charge in [0.05, 0.1) is 0 Å². The van der Waals surface area contributed by atoms with Crippen molar-refractivity contribution in [3.05, 3.63) is 0 Å². The third-order valence-electron chi connectivity index (χ3n) is 3.07. The molecule has 0 aromatic carbocycles. The molecule has 0 unspecified atom stereocenters. The molecule has 0 bridgehead atoms. The van der Waals surface area contributed by atoms with Crippen LogP contribution >= 0.6 is 0 Å². The molecule has 0 heterocycles. The SMILES string of the molecule is CCCCCCNNC1CCCCC1. The molecule has 1 saturated carbocycles. The lowest BCUT2D eigenvalue weighted by molar-refractivity contribution is 0.332. The van der Waals surface area contributed by atoms with Gasteiger partial charge in [-0.05, 0) is 19.3 Å². The molecular formula is C12H26N2. The summed E-state index contributed by atoms with van der Waals surface area (Å²) in [6.45, 7) is 3.39. The van der Waals surface area contributed by atoms with E-state index in [1.54, 1.807) is 0 Å². The molecule has 1 fully saturated rings. The Balaban J connectivity index is 1.82. The minimum absolute atomic E-state index is 0.745. The predicted octanol–water partition coefficient (Wildman–Crippen LogP) is 2.99. The summed E-state index contributed by atoms with van der Waals surface area (Å²) in [4.78, 5) is 0. The van der Waals surface area contributed by atoms with E-state index in [4.69, 9.17) is 0 Å². The molecule has 1 aliphatic carbocycles. The molecule has 0 aromatic heterocycles. The van der Waals surface area contributed by atoms with Gasteiger partial charge in [0.15, 0.2) is 0 Å². The molecule has 84 valence electrons. The van der Waals surface area contributed by atoms with Crippen LogP contribution in [-0.4, -0.2) is 12.6 Å². The zero-order chi connectivity index (χ0) is 10.1. The van der Waals surface area contributed by atoms with E-state index in [1.807, 2.05) is 0 Å². The van der Waals surface area contributed by atoms with Gasteiger partial charge in [0.2, 0.25) is 0 Å². The lowest BCUT2D eigenvalue weighted by Crippen LogP contribution is -2.42. The fourth-order valence-corrected chi connectivity index (χ4v) is 2.10. The minimum Gasteiger partial charge on any atom is -0.258 e. The quantitative estimate of drug-likeness (QED) is 0.485. The third-order valence-corrected chi connectivity index (χ3v) is 3.07. The highest BCUT2D eigenvalue weighted by Gasteiger charge is 2.11. The predicted molar refractivity (Wildman–Crippen MR) is 62.2 cm³/mol. The van der Waals surface area contributed by atoms with E-state index in [9.17, 15) is 0 Å². The van der Waals surface area contributed by atoms with Gasteiger partial charge in [-0.1, -0.05) is 45.4 Å². The Morgan fingerprint density at radius 1 is 1.00 bits per heavy atom. The second-order valence-electron chi connectivity index (χ2n) is 4.47. The molecule has 0 saturated heterocycles. The topological polar surface area (TPSA) is 24.1 Å². The van der Waals surface area contributed by atoms with Crippen LogP contribution in [0.3, 0.4) is 0 Å². The van der Waals surface area contributed by atoms with Crippen LogP contribution in [0.1, 0.15) is 64.7 Å². The van der Waals surface area contributed by atoms with Crippen molar-refractivity contribution in [2.45, 2.75) is 70.8 Å². The van der Waals surface area contributed by atoms with Crippen LogP contribution < -0.4 is 10.9 Å². The lowest BCUT2D eigenvalue weighted by Gasteiger charge is -2.23. The third kappa shape index (κ3) is 5.61. The highest BCUT2D eigenvalue weighted by Crippen LogP contribution is 2.16. The van der Waals surface area contributed by atoms with Crippen LogP contribution in [0.15, 0.2) is 0 Å². The molecule has 0 atom stereocenters. The Kier molecular flexibility index (Phi) is 7.06. The molecule has 2 heteroatoms. The Morgan fingerprint density at radius 2 is 1.79 bits per heavy atom. The van der Waals surface area contributed by atoms with Crippen molar-refractivity contribution in [3.63, 3.8) is 0 Å². The largest absolute Gasteiger partial charge is 0.258 e. The summed E-state index contributed by atoms with van der Waals surface area (Å²) in [6, 6.07) is 0.745. The van der Waals surface area contributed by atoms with Gasteiger partial charge in [0.25, 0.3) is 0 Å². The molecule has 2 N–H and O–H groups in total. The highest BCUT2D eigenvalue weighted by atomic mass is 15.4. The van der Waals surface area contributed by atoms with Gasteiger partial charge < -0.3 is 0 Å². The molecule has 0 aromatic rings. The first-order valence-electron chi connectivity index (χ1n) is 6.42. The second kappa shape index (κ2) is 8.25. The first kappa shape index (κ1) is 12.0. The smallest absolute Gasteiger partial charge is 0.0212 e. The van der Waals surface area contributed by atoms with E-state index < -0.39 is 0 Å². The van der Waals surface area contributed by atoms with Crippen molar-refractivity contribution in [2.75, 3.05) is 6.54 Å². The van der Waals surface area contributed by atoms with E-state index in [1.165, 1.54) is 57.8 Å².